The fourth-order valence-electron chi connectivity index (χ4n) is 2.92. The van der Waals surface area contributed by atoms with E-state index in [1.165, 1.54) is 5.56 Å². The summed E-state index contributed by atoms with van der Waals surface area (Å²) >= 11 is 0. The number of benzene rings is 1. The molecule has 0 spiro atoms. The number of carbonyl (C=O) groups excluding carboxylic acids is 1. The molecule has 1 unspecified atom stereocenters. The van der Waals surface area contributed by atoms with Crippen molar-refractivity contribution in [3.8, 4) is 6.07 Å². The zero-order valence-corrected chi connectivity index (χ0v) is 10.8. The average molecular weight is 241 g/mol. The lowest BCUT2D eigenvalue weighted by molar-refractivity contribution is -0.112. The first-order valence-corrected chi connectivity index (χ1v) is 6.70. The van der Waals surface area contributed by atoms with E-state index in [2.05, 4.69) is 18.2 Å². The lowest BCUT2D eigenvalue weighted by Gasteiger charge is -2.30. The zero-order valence-electron chi connectivity index (χ0n) is 10.8. The van der Waals surface area contributed by atoms with Crippen molar-refractivity contribution < 1.29 is 4.79 Å². The second-order valence-corrected chi connectivity index (χ2v) is 5.34. The monoisotopic (exact) mass is 241 g/mol. The second-order valence-electron chi connectivity index (χ2n) is 5.34. The van der Waals surface area contributed by atoms with Gasteiger partial charge in [-0.15, -0.1) is 0 Å². The summed E-state index contributed by atoms with van der Waals surface area (Å²) in [4.78, 5) is 10.8. The number of aldehydes is 1. The Morgan fingerprint density at radius 3 is 2.33 bits per heavy atom. The van der Waals surface area contributed by atoms with E-state index in [1.54, 1.807) is 0 Å². The fraction of sp³-hybridized carbons (Fsp3) is 0.500. The lowest BCUT2D eigenvalue weighted by Crippen LogP contribution is -2.20. The Hall–Kier alpha value is -1.62. The topological polar surface area (TPSA) is 40.9 Å². The number of nitrogens with zero attached hydrogens (tertiary/aromatic N) is 1. The van der Waals surface area contributed by atoms with Gasteiger partial charge in [-0.25, -0.2) is 0 Å². The Kier molecular flexibility index (Phi) is 4.15. The van der Waals surface area contributed by atoms with E-state index in [1.807, 2.05) is 19.1 Å². The maximum atomic E-state index is 10.8. The van der Waals surface area contributed by atoms with Crippen molar-refractivity contribution in [2.45, 2.75) is 38.5 Å². The summed E-state index contributed by atoms with van der Waals surface area (Å²) in [6.07, 6.45) is 5.70. The molecule has 0 saturated heterocycles. The molecule has 1 aromatic rings. The van der Waals surface area contributed by atoms with E-state index in [0.717, 1.165) is 37.5 Å². The van der Waals surface area contributed by atoms with Gasteiger partial charge in [0, 0.05) is 5.92 Å². The highest BCUT2D eigenvalue weighted by Gasteiger charge is 2.25. The van der Waals surface area contributed by atoms with Crippen molar-refractivity contribution in [3.05, 3.63) is 35.4 Å². The Balaban J connectivity index is 1.97. The quantitative estimate of drug-likeness (QED) is 0.758. The third kappa shape index (κ3) is 2.79. The summed E-state index contributed by atoms with van der Waals surface area (Å²) in [5.74, 6) is 1.37. The van der Waals surface area contributed by atoms with Crippen molar-refractivity contribution in [1.82, 2.24) is 0 Å². The molecule has 1 aliphatic carbocycles. The molecule has 0 aromatic heterocycles. The predicted molar refractivity (Wildman–Crippen MR) is 71.1 cm³/mol. The van der Waals surface area contributed by atoms with Crippen LogP contribution in [0.4, 0.5) is 0 Å². The van der Waals surface area contributed by atoms with E-state index >= 15 is 0 Å². The third-order valence-corrected chi connectivity index (χ3v) is 4.24. The van der Waals surface area contributed by atoms with E-state index in [-0.39, 0.29) is 5.92 Å². The van der Waals surface area contributed by atoms with Gasteiger partial charge >= 0.3 is 0 Å². The summed E-state index contributed by atoms with van der Waals surface area (Å²) in [6, 6.07) is 10.1. The van der Waals surface area contributed by atoms with Crippen LogP contribution in [0.15, 0.2) is 24.3 Å². The summed E-state index contributed by atoms with van der Waals surface area (Å²) in [6.45, 7) is 2.03. The van der Waals surface area contributed by atoms with Gasteiger partial charge in [0.2, 0.25) is 0 Å². The second kappa shape index (κ2) is 5.82. The molecule has 1 saturated carbocycles. The van der Waals surface area contributed by atoms with Gasteiger partial charge in [-0.1, -0.05) is 19.1 Å². The van der Waals surface area contributed by atoms with E-state index in [9.17, 15) is 4.79 Å². The molecule has 0 heterocycles. The standard InChI is InChI=1S/C16H19NO/c1-12(11-18)14-6-8-16(9-7-14)15-4-2-13(10-17)3-5-15/h2-5,11-12,14,16H,6-9H2,1H3. The van der Waals surface area contributed by atoms with Gasteiger partial charge in [0.25, 0.3) is 0 Å². The van der Waals surface area contributed by atoms with Gasteiger partial charge < -0.3 is 4.79 Å². The van der Waals surface area contributed by atoms with Gasteiger partial charge in [0.05, 0.1) is 11.6 Å². The van der Waals surface area contributed by atoms with Crippen LogP contribution in [0.1, 0.15) is 49.7 Å². The molecule has 0 bridgehead atoms. The first kappa shape index (κ1) is 12.8. The SMILES string of the molecule is CC(C=O)C1CCC(c2ccc(C#N)cc2)CC1. The van der Waals surface area contributed by atoms with Crippen LogP contribution in [-0.4, -0.2) is 6.29 Å². The van der Waals surface area contributed by atoms with Crippen molar-refractivity contribution in [1.29, 1.82) is 5.26 Å². The molecule has 1 aromatic carbocycles. The first-order chi connectivity index (χ1) is 8.74. The highest BCUT2D eigenvalue weighted by molar-refractivity contribution is 5.53. The van der Waals surface area contributed by atoms with Gasteiger partial charge in [0.1, 0.15) is 6.29 Å². The van der Waals surface area contributed by atoms with Crippen LogP contribution in [-0.2, 0) is 4.79 Å². The van der Waals surface area contributed by atoms with Crippen molar-refractivity contribution in [2.75, 3.05) is 0 Å². The first-order valence-electron chi connectivity index (χ1n) is 6.70. The van der Waals surface area contributed by atoms with Gasteiger partial charge in [0.15, 0.2) is 0 Å². The van der Waals surface area contributed by atoms with Gasteiger partial charge in [-0.05, 0) is 55.2 Å². The van der Waals surface area contributed by atoms with Crippen LogP contribution >= 0.6 is 0 Å². The minimum Gasteiger partial charge on any atom is -0.303 e. The Morgan fingerprint density at radius 2 is 1.83 bits per heavy atom. The normalized spacial score (nSPS) is 25.1. The minimum absolute atomic E-state index is 0.201. The number of rotatable bonds is 3. The smallest absolute Gasteiger partial charge is 0.123 e. The van der Waals surface area contributed by atoms with Gasteiger partial charge in [-0.2, -0.15) is 5.26 Å². The van der Waals surface area contributed by atoms with Crippen LogP contribution in [0.25, 0.3) is 0 Å². The summed E-state index contributed by atoms with van der Waals surface area (Å²) in [5.41, 5.74) is 2.06. The Bertz CT molecular complexity index is 435. The lowest BCUT2D eigenvalue weighted by atomic mass is 9.74. The summed E-state index contributed by atoms with van der Waals surface area (Å²) in [5, 5.41) is 8.78. The summed E-state index contributed by atoms with van der Waals surface area (Å²) < 4.78 is 0. The maximum absolute atomic E-state index is 10.8. The Labute approximate surface area is 109 Å². The molecule has 0 aliphatic heterocycles. The molecule has 1 aliphatic rings. The van der Waals surface area contributed by atoms with Gasteiger partial charge in [-0.3, -0.25) is 0 Å². The Morgan fingerprint density at radius 1 is 1.22 bits per heavy atom. The molecule has 2 rings (SSSR count). The van der Waals surface area contributed by atoms with E-state index in [0.29, 0.717) is 11.8 Å². The largest absolute Gasteiger partial charge is 0.303 e. The molecule has 18 heavy (non-hydrogen) atoms. The molecular formula is C16H19NO. The maximum Gasteiger partial charge on any atom is 0.123 e. The fourth-order valence-corrected chi connectivity index (χ4v) is 2.92. The summed E-state index contributed by atoms with van der Waals surface area (Å²) in [7, 11) is 0. The third-order valence-electron chi connectivity index (χ3n) is 4.24. The van der Waals surface area contributed by atoms with Crippen LogP contribution in [0.5, 0.6) is 0 Å². The zero-order chi connectivity index (χ0) is 13.0. The average Bonchev–Trinajstić information content (AvgIpc) is 2.47. The molecule has 94 valence electrons. The highest BCUT2D eigenvalue weighted by Crippen LogP contribution is 2.38. The van der Waals surface area contributed by atoms with Crippen molar-refractivity contribution in [2.24, 2.45) is 11.8 Å². The predicted octanol–water partition coefficient (Wildman–Crippen LogP) is 3.67. The molecular weight excluding hydrogens is 222 g/mol. The number of nitriles is 1. The van der Waals surface area contributed by atoms with Crippen LogP contribution < -0.4 is 0 Å². The van der Waals surface area contributed by atoms with Crippen LogP contribution in [0.2, 0.25) is 0 Å². The number of hydrogen-bond acceptors (Lipinski definition) is 2. The number of hydrogen-bond donors (Lipinski definition) is 0. The molecule has 1 atom stereocenters. The van der Waals surface area contributed by atoms with E-state index in [4.69, 9.17) is 5.26 Å². The highest BCUT2D eigenvalue weighted by atomic mass is 16.1. The molecule has 2 nitrogen and oxygen atoms in total. The van der Waals surface area contributed by atoms with E-state index < -0.39 is 0 Å². The van der Waals surface area contributed by atoms with Crippen molar-refractivity contribution in [3.63, 3.8) is 0 Å². The minimum atomic E-state index is 0.201. The molecule has 0 amide bonds. The number of carbonyl (C=O) groups is 1. The van der Waals surface area contributed by atoms with Crippen LogP contribution in [0.3, 0.4) is 0 Å². The molecule has 1 fully saturated rings. The molecule has 2 heteroatoms. The van der Waals surface area contributed by atoms with Crippen molar-refractivity contribution >= 4 is 6.29 Å². The molecule has 0 N–H and O–H groups in total. The molecule has 0 radical (unpaired) electrons. The van der Waals surface area contributed by atoms with Crippen LogP contribution in [0, 0.1) is 23.2 Å².